The molecule has 2 rings (SSSR count). The zero-order chi connectivity index (χ0) is 13.1. The normalized spacial score (nSPS) is 16.7. The monoisotopic (exact) mass is 313 g/mol. The third-order valence-electron chi connectivity index (χ3n) is 3.06. The fourth-order valence-corrected chi connectivity index (χ4v) is 2.58. The van der Waals surface area contributed by atoms with Crippen LogP contribution in [0, 0.1) is 0 Å². The first-order chi connectivity index (χ1) is 8.67. The molecule has 1 aromatic rings. The van der Waals surface area contributed by atoms with Gasteiger partial charge in [-0.25, -0.2) is 9.97 Å². The van der Waals surface area contributed by atoms with Crippen LogP contribution in [0.5, 0.6) is 0 Å². The van der Waals surface area contributed by atoms with E-state index in [1.54, 1.807) is 7.11 Å². The molecule has 1 unspecified atom stereocenters. The maximum Gasteiger partial charge on any atom is 0.144 e. The quantitative estimate of drug-likeness (QED) is 0.875. The van der Waals surface area contributed by atoms with Crippen LogP contribution in [0.2, 0.25) is 0 Å². The number of aromatic nitrogens is 2. The van der Waals surface area contributed by atoms with E-state index in [1.807, 2.05) is 0 Å². The van der Waals surface area contributed by atoms with Crippen LogP contribution >= 0.6 is 15.9 Å². The SMILES string of the molecule is CCNc1nc(C(C)COC)nc(C2CC2)c1Br. The van der Waals surface area contributed by atoms with Crippen LogP contribution in [0.4, 0.5) is 5.82 Å². The molecule has 1 aromatic heterocycles. The summed E-state index contributed by atoms with van der Waals surface area (Å²) < 4.78 is 6.22. The second-order valence-corrected chi connectivity index (χ2v) is 5.58. The highest BCUT2D eigenvalue weighted by Gasteiger charge is 2.30. The van der Waals surface area contributed by atoms with Gasteiger partial charge in [-0.15, -0.1) is 0 Å². The van der Waals surface area contributed by atoms with Gasteiger partial charge in [0.2, 0.25) is 0 Å². The van der Waals surface area contributed by atoms with Crippen LogP contribution in [0.1, 0.15) is 50.0 Å². The van der Waals surface area contributed by atoms with Crippen molar-refractivity contribution in [1.29, 1.82) is 0 Å². The summed E-state index contributed by atoms with van der Waals surface area (Å²) >= 11 is 3.63. The first-order valence-electron chi connectivity index (χ1n) is 6.47. The predicted octanol–water partition coefficient (Wildman–Crippen LogP) is 3.30. The minimum Gasteiger partial charge on any atom is -0.384 e. The summed E-state index contributed by atoms with van der Waals surface area (Å²) in [6.45, 7) is 5.68. The average molecular weight is 314 g/mol. The third-order valence-corrected chi connectivity index (χ3v) is 3.84. The first-order valence-corrected chi connectivity index (χ1v) is 7.26. The third kappa shape index (κ3) is 3.01. The van der Waals surface area contributed by atoms with Crippen molar-refractivity contribution in [3.8, 4) is 0 Å². The summed E-state index contributed by atoms with van der Waals surface area (Å²) in [6.07, 6.45) is 2.47. The number of ether oxygens (including phenoxy) is 1. The standard InChI is InChI=1S/C13H20BrN3O/c1-4-15-13-10(14)11(9-5-6-9)16-12(17-13)8(2)7-18-3/h8-9H,4-7H2,1-3H3,(H,15,16,17). The Balaban J connectivity index is 2.34. The number of nitrogens with one attached hydrogen (secondary N) is 1. The van der Waals surface area contributed by atoms with Crippen LogP contribution in [0.3, 0.4) is 0 Å². The van der Waals surface area contributed by atoms with Crippen molar-refractivity contribution in [3.63, 3.8) is 0 Å². The Morgan fingerprint density at radius 2 is 2.17 bits per heavy atom. The molecule has 1 atom stereocenters. The zero-order valence-corrected chi connectivity index (χ0v) is 12.7. The van der Waals surface area contributed by atoms with E-state index >= 15 is 0 Å². The van der Waals surface area contributed by atoms with Gasteiger partial charge in [0.1, 0.15) is 11.6 Å². The first kappa shape index (κ1) is 13.7. The van der Waals surface area contributed by atoms with Gasteiger partial charge in [-0.05, 0) is 35.7 Å². The van der Waals surface area contributed by atoms with Gasteiger partial charge in [-0.1, -0.05) is 6.92 Å². The maximum absolute atomic E-state index is 5.19. The molecule has 0 aliphatic heterocycles. The van der Waals surface area contributed by atoms with Crippen molar-refractivity contribution in [2.24, 2.45) is 0 Å². The van der Waals surface area contributed by atoms with E-state index in [-0.39, 0.29) is 5.92 Å². The van der Waals surface area contributed by atoms with Crippen molar-refractivity contribution in [2.45, 2.75) is 38.5 Å². The molecule has 1 heterocycles. The van der Waals surface area contributed by atoms with Gasteiger partial charge in [0.15, 0.2) is 0 Å². The lowest BCUT2D eigenvalue weighted by molar-refractivity contribution is 0.181. The molecule has 0 aromatic carbocycles. The van der Waals surface area contributed by atoms with Crippen LogP contribution in [0.25, 0.3) is 0 Å². The molecule has 4 nitrogen and oxygen atoms in total. The number of halogens is 1. The molecule has 5 heteroatoms. The van der Waals surface area contributed by atoms with E-state index in [0.717, 1.165) is 28.4 Å². The molecule has 0 amide bonds. The summed E-state index contributed by atoms with van der Waals surface area (Å²) in [6, 6.07) is 0. The fourth-order valence-electron chi connectivity index (χ4n) is 1.94. The van der Waals surface area contributed by atoms with Gasteiger partial charge in [0.25, 0.3) is 0 Å². The molecule has 1 aliphatic carbocycles. The second-order valence-electron chi connectivity index (χ2n) is 4.79. The lowest BCUT2D eigenvalue weighted by atomic mass is 10.1. The van der Waals surface area contributed by atoms with Crippen molar-refractivity contribution in [1.82, 2.24) is 9.97 Å². The molecule has 0 saturated heterocycles. The van der Waals surface area contributed by atoms with Gasteiger partial charge >= 0.3 is 0 Å². The van der Waals surface area contributed by atoms with Gasteiger partial charge in [-0.3, -0.25) is 0 Å². The highest BCUT2D eigenvalue weighted by molar-refractivity contribution is 9.10. The smallest absolute Gasteiger partial charge is 0.144 e. The molecule has 0 bridgehead atoms. The lowest BCUT2D eigenvalue weighted by Gasteiger charge is -2.15. The van der Waals surface area contributed by atoms with E-state index in [1.165, 1.54) is 12.8 Å². The summed E-state index contributed by atoms with van der Waals surface area (Å²) in [5.41, 5.74) is 1.15. The van der Waals surface area contributed by atoms with E-state index in [9.17, 15) is 0 Å². The molecular weight excluding hydrogens is 294 g/mol. The molecule has 0 radical (unpaired) electrons. The number of methoxy groups -OCH3 is 1. The van der Waals surface area contributed by atoms with E-state index < -0.39 is 0 Å². The molecule has 1 aliphatic rings. The van der Waals surface area contributed by atoms with Crippen LogP contribution in [-0.4, -0.2) is 30.2 Å². The van der Waals surface area contributed by atoms with E-state index in [4.69, 9.17) is 9.72 Å². The summed E-state index contributed by atoms with van der Waals surface area (Å²) in [4.78, 5) is 9.32. The molecule has 100 valence electrons. The number of rotatable bonds is 6. The Bertz CT molecular complexity index is 421. The maximum atomic E-state index is 5.19. The molecule has 0 spiro atoms. The molecule has 1 saturated carbocycles. The minimum atomic E-state index is 0.220. The number of hydrogen-bond donors (Lipinski definition) is 1. The minimum absolute atomic E-state index is 0.220. The molecule has 1 N–H and O–H groups in total. The largest absolute Gasteiger partial charge is 0.384 e. The number of nitrogens with zero attached hydrogens (tertiary/aromatic N) is 2. The Morgan fingerprint density at radius 3 is 2.72 bits per heavy atom. The van der Waals surface area contributed by atoms with Crippen LogP contribution in [0.15, 0.2) is 4.47 Å². The number of hydrogen-bond acceptors (Lipinski definition) is 4. The molecule has 1 fully saturated rings. The average Bonchev–Trinajstić information content (AvgIpc) is 3.16. The van der Waals surface area contributed by atoms with Gasteiger partial charge < -0.3 is 10.1 Å². The van der Waals surface area contributed by atoms with Crippen molar-refractivity contribution in [2.75, 3.05) is 25.6 Å². The van der Waals surface area contributed by atoms with Crippen molar-refractivity contribution < 1.29 is 4.74 Å². The highest BCUT2D eigenvalue weighted by atomic mass is 79.9. The predicted molar refractivity (Wildman–Crippen MR) is 76.2 cm³/mol. The van der Waals surface area contributed by atoms with Crippen LogP contribution in [-0.2, 0) is 4.74 Å². The van der Waals surface area contributed by atoms with Gasteiger partial charge in [-0.2, -0.15) is 0 Å². The van der Waals surface area contributed by atoms with Crippen molar-refractivity contribution >= 4 is 21.7 Å². The summed E-state index contributed by atoms with van der Waals surface area (Å²) in [7, 11) is 1.71. The van der Waals surface area contributed by atoms with Crippen LogP contribution < -0.4 is 5.32 Å². The van der Waals surface area contributed by atoms with E-state index in [0.29, 0.717) is 12.5 Å². The lowest BCUT2D eigenvalue weighted by Crippen LogP contribution is -2.12. The Labute approximate surface area is 117 Å². The fraction of sp³-hybridized carbons (Fsp3) is 0.692. The zero-order valence-electron chi connectivity index (χ0n) is 11.2. The number of anilines is 1. The Hall–Kier alpha value is -0.680. The molecular formula is C13H20BrN3O. The van der Waals surface area contributed by atoms with Gasteiger partial charge in [0.05, 0.1) is 16.8 Å². The Kier molecular flexibility index (Phi) is 4.56. The molecule has 18 heavy (non-hydrogen) atoms. The topological polar surface area (TPSA) is 47.0 Å². The van der Waals surface area contributed by atoms with E-state index in [2.05, 4.69) is 40.1 Å². The summed E-state index contributed by atoms with van der Waals surface area (Å²) in [5, 5.41) is 3.30. The van der Waals surface area contributed by atoms with Gasteiger partial charge in [0, 0.05) is 25.5 Å². The second kappa shape index (κ2) is 5.97. The highest BCUT2D eigenvalue weighted by Crippen LogP contribution is 2.44. The Morgan fingerprint density at radius 1 is 1.44 bits per heavy atom. The van der Waals surface area contributed by atoms with Crippen molar-refractivity contribution in [3.05, 3.63) is 16.0 Å². The summed E-state index contributed by atoms with van der Waals surface area (Å²) in [5.74, 6) is 2.61.